The molecule has 3 atom stereocenters. The number of amides is 1. The molecule has 3 heteroatoms. The normalized spacial score (nSPS) is 27.0. The van der Waals surface area contributed by atoms with Crippen LogP contribution in [0.15, 0.2) is 42.5 Å². The number of nitrogens with one attached hydrogen (secondary N) is 1. The molecule has 1 heterocycles. The molecule has 1 aliphatic heterocycles. The Morgan fingerprint density at radius 2 is 2.00 bits per heavy atom. The van der Waals surface area contributed by atoms with Gasteiger partial charge in [-0.15, -0.1) is 0 Å². The maximum atomic E-state index is 12.6. The smallest absolute Gasteiger partial charge is 0.226 e. The van der Waals surface area contributed by atoms with E-state index in [9.17, 15) is 4.79 Å². The van der Waals surface area contributed by atoms with E-state index < -0.39 is 0 Å². The zero-order valence-electron chi connectivity index (χ0n) is 13.0. The van der Waals surface area contributed by atoms with E-state index in [2.05, 4.69) is 47.8 Å². The van der Waals surface area contributed by atoms with E-state index in [-0.39, 0.29) is 5.92 Å². The van der Waals surface area contributed by atoms with E-state index in [1.165, 1.54) is 16.3 Å². The third kappa shape index (κ3) is 2.40. The van der Waals surface area contributed by atoms with E-state index in [4.69, 9.17) is 0 Å². The van der Waals surface area contributed by atoms with Gasteiger partial charge in [0.2, 0.25) is 5.91 Å². The Balaban J connectivity index is 1.49. The van der Waals surface area contributed by atoms with Crippen LogP contribution in [0.2, 0.25) is 0 Å². The van der Waals surface area contributed by atoms with Crippen molar-refractivity contribution in [3.63, 3.8) is 0 Å². The van der Waals surface area contributed by atoms with Gasteiger partial charge < -0.3 is 10.2 Å². The molecule has 1 aliphatic carbocycles. The minimum Gasteiger partial charge on any atom is -0.341 e. The zero-order valence-corrected chi connectivity index (χ0v) is 13.0. The summed E-state index contributed by atoms with van der Waals surface area (Å²) in [6.07, 6.45) is 2.08. The third-order valence-electron chi connectivity index (χ3n) is 5.24. The summed E-state index contributed by atoms with van der Waals surface area (Å²) in [5, 5.41) is 5.87. The first-order valence-corrected chi connectivity index (χ1v) is 8.20. The average molecular weight is 294 g/mol. The lowest BCUT2D eigenvalue weighted by Crippen LogP contribution is -2.39. The number of likely N-dealkylation sites (N-methyl/N-ethyl adjacent to an activating group) is 1. The highest BCUT2D eigenvalue weighted by Crippen LogP contribution is 2.49. The molecule has 2 aliphatic rings. The number of benzene rings is 2. The molecule has 114 valence electrons. The molecule has 22 heavy (non-hydrogen) atoms. The van der Waals surface area contributed by atoms with Crippen LogP contribution in [0.3, 0.4) is 0 Å². The molecule has 2 aromatic carbocycles. The molecule has 0 aromatic heterocycles. The van der Waals surface area contributed by atoms with E-state index in [1.54, 1.807) is 0 Å². The molecule has 3 nitrogen and oxygen atoms in total. The molecule has 0 bridgehead atoms. The Labute approximate surface area is 131 Å². The third-order valence-corrected chi connectivity index (χ3v) is 5.24. The second kappa shape index (κ2) is 5.40. The maximum Gasteiger partial charge on any atom is 0.226 e. The number of fused-ring (bicyclic) bond motifs is 1. The predicted molar refractivity (Wildman–Crippen MR) is 88.8 cm³/mol. The minimum atomic E-state index is 0.187. The fourth-order valence-corrected chi connectivity index (χ4v) is 3.69. The highest BCUT2D eigenvalue weighted by atomic mass is 16.2. The lowest BCUT2D eigenvalue weighted by Gasteiger charge is -2.24. The molecule has 0 radical (unpaired) electrons. The van der Waals surface area contributed by atoms with Crippen molar-refractivity contribution in [1.82, 2.24) is 10.2 Å². The Kier molecular flexibility index (Phi) is 3.38. The Morgan fingerprint density at radius 3 is 2.77 bits per heavy atom. The molecular formula is C19H22N2O. The summed E-state index contributed by atoms with van der Waals surface area (Å²) in [6, 6.07) is 15.4. The molecule has 1 N–H and O–H groups in total. The Bertz CT molecular complexity index is 705. The molecule has 0 spiro atoms. The summed E-state index contributed by atoms with van der Waals surface area (Å²) in [7, 11) is 1.97. The number of carbonyl (C=O) groups excluding carboxylic acids is 1. The van der Waals surface area contributed by atoms with Crippen LogP contribution in [0.4, 0.5) is 0 Å². The molecule has 3 unspecified atom stereocenters. The summed E-state index contributed by atoms with van der Waals surface area (Å²) < 4.78 is 0. The van der Waals surface area contributed by atoms with Gasteiger partial charge in [-0.3, -0.25) is 4.79 Å². The van der Waals surface area contributed by atoms with Gasteiger partial charge in [0.25, 0.3) is 0 Å². The van der Waals surface area contributed by atoms with E-state index in [0.29, 0.717) is 17.9 Å². The fraction of sp³-hybridized carbons (Fsp3) is 0.421. The van der Waals surface area contributed by atoms with Crippen LogP contribution in [0.25, 0.3) is 10.8 Å². The number of carbonyl (C=O) groups is 1. The van der Waals surface area contributed by atoms with Crippen LogP contribution in [0.1, 0.15) is 24.3 Å². The van der Waals surface area contributed by atoms with Crippen LogP contribution < -0.4 is 5.32 Å². The van der Waals surface area contributed by atoms with Crippen molar-refractivity contribution in [3.8, 4) is 0 Å². The molecule has 1 saturated heterocycles. The van der Waals surface area contributed by atoms with Gasteiger partial charge in [-0.2, -0.15) is 0 Å². The molecule has 2 aromatic rings. The number of hydrogen-bond acceptors (Lipinski definition) is 2. The molecule has 1 amide bonds. The first-order chi connectivity index (χ1) is 10.7. The summed E-state index contributed by atoms with van der Waals surface area (Å²) in [5.41, 5.74) is 1.31. The SMILES string of the molecule is CN(C(=O)C1CC1c1ccc2ccccc2c1)C1CCNC1. The van der Waals surface area contributed by atoms with Gasteiger partial charge in [-0.05, 0) is 41.6 Å². The molecule has 4 rings (SSSR count). The van der Waals surface area contributed by atoms with Gasteiger partial charge in [0.1, 0.15) is 0 Å². The average Bonchev–Trinajstić information content (AvgIpc) is 3.17. The predicted octanol–water partition coefficient (Wildman–Crippen LogP) is 2.76. The van der Waals surface area contributed by atoms with Crippen molar-refractivity contribution in [3.05, 3.63) is 48.0 Å². The van der Waals surface area contributed by atoms with Gasteiger partial charge in [-0.1, -0.05) is 42.5 Å². The zero-order chi connectivity index (χ0) is 15.1. The number of hydrogen-bond donors (Lipinski definition) is 1. The maximum absolute atomic E-state index is 12.6. The van der Waals surface area contributed by atoms with Crippen molar-refractivity contribution in [1.29, 1.82) is 0 Å². The van der Waals surface area contributed by atoms with Crippen molar-refractivity contribution >= 4 is 16.7 Å². The standard InChI is InChI=1S/C19H22N2O/c1-21(16-8-9-20-12-16)19(22)18-11-17(18)15-7-6-13-4-2-3-5-14(13)10-15/h2-7,10,16-18,20H,8-9,11-12H2,1H3. The largest absolute Gasteiger partial charge is 0.341 e. The van der Waals surface area contributed by atoms with Crippen LogP contribution in [0, 0.1) is 5.92 Å². The Morgan fingerprint density at radius 1 is 1.18 bits per heavy atom. The first-order valence-electron chi connectivity index (χ1n) is 8.20. The minimum absolute atomic E-state index is 0.187. The van der Waals surface area contributed by atoms with E-state index in [0.717, 1.165) is 25.9 Å². The van der Waals surface area contributed by atoms with Crippen LogP contribution >= 0.6 is 0 Å². The van der Waals surface area contributed by atoms with Crippen LogP contribution in [-0.2, 0) is 4.79 Å². The number of rotatable bonds is 3. The van der Waals surface area contributed by atoms with Crippen molar-refractivity contribution < 1.29 is 4.79 Å². The van der Waals surface area contributed by atoms with Crippen molar-refractivity contribution in [2.24, 2.45) is 5.92 Å². The second-order valence-electron chi connectivity index (χ2n) is 6.65. The topological polar surface area (TPSA) is 32.3 Å². The molecule has 2 fully saturated rings. The Hall–Kier alpha value is -1.87. The summed E-state index contributed by atoms with van der Waals surface area (Å²) in [5.74, 6) is 0.924. The van der Waals surface area contributed by atoms with E-state index in [1.807, 2.05) is 11.9 Å². The monoisotopic (exact) mass is 294 g/mol. The van der Waals surface area contributed by atoms with Crippen molar-refractivity contribution in [2.75, 3.05) is 20.1 Å². The highest BCUT2D eigenvalue weighted by molar-refractivity contribution is 5.86. The lowest BCUT2D eigenvalue weighted by molar-refractivity contribution is -0.133. The van der Waals surface area contributed by atoms with Gasteiger partial charge in [0, 0.05) is 25.6 Å². The van der Waals surface area contributed by atoms with Crippen molar-refractivity contribution in [2.45, 2.75) is 24.8 Å². The highest BCUT2D eigenvalue weighted by Gasteiger charge is 2.46. The fourth-order valence-electron chi connectivity index (χ4n) is 3.69. The number of nitrogens with zero attached hydrogens (tertiary/aromatic N) is 1. The summed E-state index contributed by atoms with van der Waals surface area (Å²) in [4.78, 5) is 14.6. The molecule has 1 saturated carbocycles. The first kappa shape index (κ1) is 13.8. The summed E-state index contributed by atoms with van der Waals surface area (Å²) in [6.45, 7) is 1.97. The van der Waals surface area contributed by atoms with Crippen LogP contribution in [0.5, 0.6) is 0 Å². The quantitative estimate of drug-likeness (QED) is 0.944. The lowest BCUT2D eigenvalue weighted by atomic mass is 10.0. The van der Waals surface area contributed by atoms with Gasteiger partial charge in [0.15, 0.2) is 0 Å². The van der Waals surface area contributed by atoms with E-state index >= 15 is 0 Å². The summed E-state index contributed by atoms with van der Waals surface area (Å²) >= 11 is 0. The molecular weight excluding hydrogens is 272 g/mol. The second-order valence-corrected chi connectivity index (χ2v) is 6.65. The van der Waals surface area contributed by atoms with Gasteiger partial charge in [-0.25, -0.2) is 0 Å². The van der Waals surface area contributed by atoms with Gasteiger partial charge >= 0.3 is 0 Å². The van der Waals surface area contributed by atoms with Gasteiger partial charge in [0.05, 0.1) is 0 Å². The van der Waals surface area contributed by atoms with Crippen LogP contribution in [-0.4, -0.2) is 37.0 Å².